The van der Waals surface area contributed by atoms with Gasteiger partial charge in [0.25, 0.3) is 0 Å². The molecule has 3 aliphatic carbocycles. The summed E-state index contributed by atoms with van der Waals surface area (Å²) in [6, 6.07) is 0. The standard InChI is InChI=1S/C14H24O3/c1-9(15)13(16)17-7-6-10-4-5-11-8-12(10)14(11,2)3/h9-12,15H,4-8H2,1-3H3. The average molecular weight is 240 g/mol. The van der Waals surface area contributed by atoms with Gasteiger partial charge in [-0.3, -0.25) is 0 Å². The van der Waals surface area contributed by atoms with Crippen LogP contribution in [0, 0.1) is 23.2 Å². The third-order valence-electron chi connectivity index (χ3n) is 5.08. The van der Waals surface area contributed by atoms with Crippen molar-refractivity contribution < 1.29 is 14.6 Å². The van der Waals surface area contributed by atoms with Crippen LogP contribution in [0.2, 0.25) is 0 Å². The lowest BCUT2D eigenvalue weighted by molar-refractivity contribution is -0.155. The quantitative estimate of drug-likeness (QED) is 0.767. The van der Waals surface area contributed by atoms with Crippen LogP contribution < -0.4 is 0 Å². The molecule has 3 fully saturated rings. The van der Waals surface area contributed by atoms with Crippen molar-refractivity contribution in [3.05, 3.63) is 0 Å². The van der Waals surface area contributed by atoms with Gasteiger partial charge < -0.3 is 9.84 Å². The Labute approximate surface area is 104 Å². The maximum atomic E-state index is 11.1. The van der Waals surface area contributed by atoms with Gasteiger partial charge in [-0.2, -0.15) is 0 Å². The zero-order valence-electron chi connectivity index (χ0n) is 11.1. The number of ether oxygens (including phenoxy) is 1. The molecule has 0 aromatic carbocycles. The van der Waals surface area contributed by atoms with E-state index < -0.39 is 12.1 Å². The van der Waals surface area contributed by atoms with E-state index in [1.54, 1.807) is 0 Å². The lowest BCUT2D eigenvalue weighted by Gasteiger charge is -2.60. The van der Waals surface area contributed by atoms with Gasteiger partial charge >= 0.3 is 5.97 Å². The lowest BCUT2D eigenvalue weighted by Crippen LogP contribution is -2.52. The minimum atomic E-state index is -0.995. The lowest BCUT2D eigenvalue weighted by atomic mass is 9.45. The van der Waals surface area contributed by atoms with E-state index in [4.69, 9.17) is 9.84 Å². The fraction of sp³-hybridized carbons (Fsp3) is 0.929. The summed E-state index contributed by atoms with van der Waals surface area (Å²) in [5.74, 6) is 1.94. The Hall–Kier alpha value is -0.570. The van der Waals surface area contributed by atoms with Crippen LogP contribution in [0.25, 0.3) is 0 Å². The molecule has 3 nitrogen and oxygen atoms in total. The average Bonchev–Trinajstić information content (AvgIpc) is 2.28. The second kappa shape index (κ2) is 4.60. The summed E-state index contributed by atoms with van der Waals surface area (Å²) in [5, 5.41) is 9.03. The number of hydrogen-bond donors (Lipinski definition) is 1. The molecule has 0 heterocycles. The van der Waals surface area contributed by atoms with Gasteiger partial charge in [-0.1, -0.05) is 13.8 Å². The molecule has 0 radical (unpaired) electrons. The third-order valence-corrected chi connectivity index (χ3v) is 5.08. The Balaban J connectivity index is 1.75. The van der Waals surface area contributed by atoms with Crippen molar-refractivity contribution in [3.63, 3.8) is 0 Å². The minimum absolute atomic E-state index is 0.464. The first-order valence-corrected chi connectivity index (χ1v) is 6.77. The van der Waals surface area contributed by atoms with E-state index in [2.05, 4.69) is 13.8 Å². The zero-order chi connectivity index (χ0) is 12.6. The molecule has 3 aliphatic rings. The van der Waals surface area contributed by atoms with Crippen molar-refractivity contribution >= 4 is 5.97 Å². The molecule has 98 valence electrons. The molecule has 17 heavy (non-hydrogen) atoms. The van der Waals surface area contributed by atoms with E-state index in [0.29, 0.717) is 17.9 Å². The highest BCUT2D eigenvalue weighted by Crippen LogP contribution is 2.61. The first-order valence-electron chi connectivity index (χ1n) is 6.77. The van der Waals surface area contributed by atoms with Crippen LogP contribution in [0.4, 0.5) is 0 Å². The second-order valence-corrected chi connectivity index (χ2v) is 6.33. The predicted molar refractivity (Wildman–Crippen MR) is 65.4 cm³/mol. The van der Waals surface area contributed by atoms with Gasteiger partial charge in [-0.25, -0.2) is 4.79 Å². The van der Waals surface area contributed by atoms with Crippen molar-refractivity contribution in [1.29, 1.82) is 0 Å². The Morgan fingerprint density at radius 1 is 1.47 bits per heavy atom. The molecule has 2 bridgehead atoms. The Morgan fingerprint density at radius 3 is 2.71 bits per heavy atom. The highest BCUT2D eigenvalue weighted by Gasteiger charge is 2.53. The summed E-state index contributed by atoms with van der Waals surface area (Å²) in [6.07, 6.45) is 3.94. The highest BCUT2D eigenvalue weighted by atomic mass is 16.5. The van der Waals surface area contributed by atoms with Gasteiger partial charge in [-0.15, -0.1) is 0 Å². The van der Waals surface area contributed by atoms with E-state index in [1.807, 2.05) is 0 Å². The van der Waals surface area contributed by atoms with Crippen LogP contribution >= 0.6 is 0 Å². The van der Waals surface area contributed by atoms with Crippen molar-refractivity contribution in [3.8, 4) is 0 Å². The Kier molecular flexibility index (Phi) is 3.48. The topological polar surface area (TPSA) is 46.5 Å². The summed E-state index contributed by atoms with van der Waals surface area (Å²) in [6.45, 7) is 6.66. The first-order chi connectivity index (χ1) is 7.93. The Morgan fingerprint density at radius 2 is 2.18 bits per heavy atom. The molecule has 4 atom stereocenters. The number of aliphatic hydroxyl groups excluding tert-OH is 1. The molecular weight excluding hydrogens is 216 g/mol. The van der Waals surface area contributed by atoms with Crippen LogP contribution in [0.5, 0.6) is 0 Å². The van der Waals surface area contributed by atoms with Crippen LogP contribution in [0.15, 0.2) is 0 Å². The maximum Gasteiger partial charge on any atom is 0.334 e. The summed E-state index contributed by atoms with van der Waals surface area (Å²) < 4.78 is 5.05. The third kappa shape index (κ3) is 2.35. The van der Waals surface area contributed by atoms with Crippen molar-refractivity contribution in [1.82, 2.24) is 0 Å². The molecule has 0 saturated heterocycles. The fourth-order valence-corrected chi connectivity index (χ4v) is 3.74. The summed E-state index contributed by atoms with van der Waals surface area (Å²) in [7, 11) is 0. The van der Waals surface area contributed by atoms with Crippen LogP contribution in [-0.4, -0.2) is 23.8 Å². The van der Waals surface area contributed by atoms with E-state index in [1.165, 1.54) is 26.2 Å². The first kappa shape index (κ1) is 12.9. The van der Waals surface area contributed by atoms with Gasteiger partial charge in [0.1, 0.15) is 6.10 Å². The molecule has 3 heteroatoms. The number of rotatable bonds is 4. The van der Waals surface area contributed by atoms with E-state index >= 15 is 0 Å². The van der Waals surface area contributed by atoms with E-state index in [9.17, 15) is 4.79 Å². The second-order valence-electron chi connectivity index (χ2n) is 6.33. The summed E-state index contributed by atoms with van der Waals surface area (Å²) >= 11 is 0. The Bertz CT molecular complexity index is 294. The van der Waals surface area contributed by atoms with Gasteiger partial charge in [-0.05, 0) is 55.8 Å². The molecule has 0 aromatic rings. The zero-order valence-corrected chi connectivity index (χ0v) is 11.1. The number of carbonyl (C=O) groups excluding carboxylic acids is 1. The molecular formula is C14H24O3. The van der Waals surface area contributed by atoms with Gasteiger partial charge in [0.15, 0.2) is 0 Å². The van der Waals surface area contributed by atoms with Crippen molar-refractivity contribution in [2.75, 3.05) is 6.61 Å². The molecule has 3 rings (SSSR count). The fourth-order valence-electron chi connectivity index (χ4n) is 3.74. The number of aliphatic hydroxyl groups is 1. The number of carbonyl (C=O) groups is 1. The molecule has 0 aliphatic heterocycles. The van der Waals surface area contributed by atoms with Gasteiger partial charge in [0.2, 0.25) is 0 Å². The van der Waals surface area contributed by atoms with Crippen LogP contribution in [0.1, 0.15) is 46.5 Å². The molecule has 0 amide bonds. The summed E-state index contributed by atoms with van der Waals surface area (Å²) in [5.41, 5.74) is 0.497. The van der Waals surface area contributed by atoms with E-state index in [0.717, 1.165) is 18.3 Å². The van der Waals surface area contributed by atoms with E-state index in [-0.39, 0.29) is 0 Å². The number of fused-ring (bicyclic) bond motifs is 2. The van der Waals surface area contributed by atoms with Crippen LogP contribution in [-0.2, 0) is 9.53 Å². The highest BCUT2D eigenvalue weighted by molar-refractivity contribution is 5.73. The summed E-state index contributed by atoms with van der Waals surface area (Å²) in [4.78, 5) is 11.1. The smallest absolute Gasteiger partial charge is 0.334 e. The minimum Gasteiger partial charge on any atom is -0.464 e. The van der Waals surface area contributed by atoms with Crippen LogP contribution in [0.3, 0.4) is 0 Å². The number of esters is 1. The molecule has 0 aromatic heterocycles. The maximum absolute atomic E-state index is 11.1. The molecule has 4 unspecified atom stereocenters. The monoisotopic (exact) mass is 240 g/mol. The molecule has 3 saturated carbocycles. The van der Waals surface area contributed by atoms with Crippen molar-refractivity contribution in [2.24, 2.45) is 23.2 Å². The largest absolute Gasteiger partial charge is 0.464 e. The van der Waals surface area contributed by atoms with Crippen molar-refractivity contribution in [2.45, 2.75) is 52.6 Å². The molecule has 0 spiro atoms. The number of hydrogen-bond acceptors (Lipinski definition) is 3. The van der Waals surface area contributed by atoms with Gasteiger partial charge in [0.05, 0.1) is 6.61 Å². The predicted octanol–water partition coefficient (Wildman–Crippen LogP) is 2.37. The normalized spacial score (nSPS) is 35.9. The van der Waals surface area contributed by atoms with Gasteiger partial charge in [0, 0.05) is 0 Å². The molecule has 1 N–H and O–H groups in total. The SMILES string of the molecule is CC(O)C(=O)OCCC1CCC2CC1C2(C)C.